The first-order valence-corrected chi connectivity index (χ1v) is 8.58. The standard InChI is InChI=1S/C18H27N3O3/c1-15(21-10-12-24-13-11-21)14-20-17(22)8-5-9-19-18(23)16-6-3-2-4-7-16/h2-4,6-7,15H,5,8-14H2,1H3,(H,19,23)(H,20,22). The zero-order chi connectivity index (χ0) is 17.2. The molecule has 1 aromatic carbocycles. The van der Waals surface area contributed by atoms with E-state index in [0.29, 0.717) is 37.5 Å². The van der Waals surface area contributed by atoms with Crippen LogP contribution in [0, 0.1) is 0 Å². The summed E-state index contributed by atoms with van der Waals surface area (Å²) in [5.74, 6) is -0.0685. The monoisotopic (exact) mass is 333 g/mol. The van der Waals surface area contributed by atoms with Crippen LogP contribution in [0.1, 0.15) is 30.1 Å². The van der Waals surface area contributed by atoms with E-state index in [-0.39, 0.29) is 11.8 Å². The van der Waals surface area contributed by atoms with Crippen LogP contribution >= 0.6 is 0 Å². The zero-order valence-corrected chi connectivity index (χ0v) is 14.3. The van der Waals surface area contributed by atoms with Crippen LogP contribution in [0.4, 0.5) is 0 Å². The molecule has 6 heteroatoms. The number of carbonyl (C=O) groups excluding carboxylic acids is 2. The van der Waals surface area contributed by atoms with E-state index in [1.165, 1.54) is 0 Å². The maximum Gasteiger partial charge on any atom is 0.251 e. The van der Waals surface area contributed by atoms with Crippen LogP contribution in [0.15, 0.2) is 30.3 Å². The van der Waals surface area contributed by atoms with Crippen LogP contribution in [-0.2, 0) is 9.53 Å². The molecule has 0 aromatic heterocycles. The topological polar surface area (TPSA) is 70.7 Å². The molecule has 2 N–H and O–H groups in total. The number of rotatable bonds is 8. The molecule has 1 aliphatic heterocycles. The van der Waals surface area contributed by atoms with Gasteiger partial charge in [0, 0.05) is 44.2 Å². The van der Waals surface area contributed by atoms with Gasteiger partial charge in [-0.2, -0.15) is 0 Å². The summed E-state index contributed by atoms with van der Waals surface area (Å²) in [6, 6.07) is 9.40. The number of amides is 2. The molecule has 132 valence electrons. The molecular weight excluding hydrogens is 306 g/mol. The largest absolute Gasteiger partial charge is 0.379 e. The molecule has 0 bridgehead atoms. The molecule has 2 rings (SSSR count). The first-order chi connectivity index (χ1) is 11.7. The Morgan fingerprint density at radius 3 is 2.58 bits per heavy atom. The summed E-state index contributed by atoms with van der Waals surface area (Å²) in [5, 5.41) is 5.80. The molecule has 6 nitrogen and oxygen atoms in total. The first-order valence-electron chi connectivity index (χ1n) is 8.58. The second kappa shape index (κ2) is 10.1. The molecule has 1 aromatic rings. The second-order valence-corrected chi connectivity index (χ2v) is 6.03. The summed E-state index contributed by atoms with van der Waals surface area (Å²) in [6.45, 7) is 6.63. The second-order valence-electron chi connectivity index (χ2n) is 6.03. The van der Waals surface area contributed by atoms with E-state index in [1.54, 1.807) is 12.1 Å². The summed E-state index contributed by atoms with van der Waals surface area (Å²) in [7, 11) is 0. The lowest BCUT2D eigenvalue weighted by atomic mass is 10.2. The minimum absolute atomic E-state index is 0.0315. The number of nitrogens with zero attached hydrogens (tertiary/aromatic N) is 1. The lowest BCUT2D eigenvalue weighted by Gasteiger charge is -2.32. The van der Waals surface area contributed by atoms with Crippen LogP contribution in [0.3, 0.4) is 0 Å². The van der Waals surface area contributed by atoms with E-state index < -0.39 is 0 Å². The van der Waals surface area contributed by atoms with Gasteiger partial charge in [-0.25, -0.2) is 0 Å². The molecule has 2 amide bonds. The van der Waals surface area contributed by atoms with Gasteiger partial charge in [-0.1, -0.05) is 18.2 Å². The highest BCUT2D eigenvalue weighted by Gasteiger charge is 2.17. The van der Waals surface area contributed by atoms with E-state index >= 15 is 0 Å². The molecular formula is C18H27N3O3. The number of morpholine rings is 1. The van der Waals surface area contributed by atoms with Crippen molar-refractivity contribution in [3.05, 3.63) is 35.9 Å². The minimum atomic E-state index is -0.100. The summed E-state index contributed by atoms with van der Waals surface area (Å²) >= 11 is 0. The number of carbonyl (C=O) groups is 2. The van der Waals surface area contributed by atoms with E-state index in [1.807, 2.05) is 18.2 Å². The van der Waals surface area contributed by atoms with Crippen molar-refractivity contribution in [2.75, 3.05) is 39.4 Å². The van der Waals surface area contributed by atoms with Gasteiger partial charge < -0.3 is 15.4 Å². The highest BCUT2D eigenvalue weighted by Crippen LogP contribution is 2.03. The number of hydrogen-bond acceptors (Lipinski definition) is 4. The van der Waals surface area contributed by atoms with Crippen molar-refractivity contribution in [3.63, 3.8) is 0 Å². The van der Waals surface area contributed by atoms with Crippen molar-refractivity contribution >= 4 is 11.8 Å². The van der Waals surface area contributed by atoms with Crippen LogP contribution < -0.4 is 10.6 Å². The molecule has 1 atom stereocenters. The predicted molar refractivity (Wildman–Crippen MR) is 92.9 cm³/mol. The molecule has 0 saturated carbocycles. The SMILES string of the molecule is CC(CNC(=O)CCCNC(=O)c1ccccc1)N1CCOCC1. The Kier molecular flexibility index (Phi) is 7.71. The fourth-order valence-electron chi connectivity index (χ4n) is 2.64. The van der Waals surface area contributed by atoms with Crippen LogP contribution in [0.25, 0.3) is 0 Å². The van der Waals surface area contributed by atoms with E-state index in [0.717, 1.165) is 26.3 Å². The number of ether oxygens (including phenoxy) is 1. The maximum absolute atomic E-state index is 11.9. The lowest BCUT2D eigenvalue weighted by Crippen LogP contribution is -2.47. The van der Waals surface area contributed by atoms with Gasteiger partial charge in [0.2, 0.25) is 5.91 Å². The predicted octanol–water partition coefficient (Wildman–Crippen LogP) is 1.03. The third-order valence-corrected chi connectivity index (χ3v) is 4.17. The molecule has 1 heterocycles. The van der Waals surface area contributed by atoms with E-state index in [4.69, 9.17) is 4.74 Å². The van der Waals surface area contributed by atoms with Gasteiger partial charge in [-0.3, -0.25) is 14.5 Å². The third kappa shape index (κ3) is 6.29. The zero-order valence-electron chi connectivity index (χ0n) is 14.3. The number of nitrogens with one attached hydrogen (secondary N) is 2. The summed E-state index contributed by atoms with van der Waals surface area (Å²) in [4.78, 5) is 26.1. The molecule has 0 radical (unpaired) electrons. The fourth-order valence-corrected chi connectivity index (χ4v) is 2.64. The Hall–Kier alpha value is -1.92. The number of benzene rings is 1. The number of hydrogen-bond donors (Lipinski definition) is 2. The van der Waals surface area contributed by atoms with Crippen molar-refractivity contribution < 1.29 is 14.3 Å². The smallest absolute Gasteiger partial charge is 0.251 e. The fraction of sp³-hybridized carbons (Fsp3) is 0.556. The Labute approximate surface area is 143 Å². The van der Waals surface area contributed by atoms with Crippen LogP contribution in [-0.4, -0.2) is 62.1 Å². The maximum atomic E-state index is 11.9. The third-order valence-electron chi connectivity index (χ3n) is 4.17. The molecule has 1 aliphatic rings. The van der Waals surface area contributed by atoms with Crippen molar-refractivity contribution in [1.29, 1.82) is 0 Å². The molecule has 0 spiro atoms. The molecule has 1 saturated heterocycles. The lowest BCUT2D eigenvalue weighted by molar-refractivity contribution is -0.121. The van der Waals surface area contributed by atoms with E-state index in [9.17, 15) is 9.59 Å². The normalized spacial score (nSPS) is 16.4. The van der Waals surface area contributed by atoms with E-state index in [2.05, 4.69) is 22.5 Å². The summed E-state index contributed by atoms with van der Waals surface area (Å²) in [6.07, 6.45) is 1.06. The summed E-state index contributed by atoms with van der Waals surface area (Å²) < 4.78 is 5.33. The highest BCUT2D eigenvalue weighted by atomic mass is 16.5. The Balaban J connectivity index is 1.55. The van der Waals surface area contributed by atoms with Crippen molar-refractivity contribution in [1.82, 2.24) is 15.5 Å². The van der Waals surface area contributed by atoms with Gasteiger partial charge in [-0.05, 0) is 25.5 Å². The average molecular weight is 333 g/mol. The van der Waals surface area contributed by atoms with Gasteiger partial charge in [-0.15, -0.1) is 0 Å². The van der Waals surface area contributed by atoms with Crippen LogP contribution in [0.5, 0.6) is 0 Å². The molecule has 0 aliphatic carbocycles. The van der Waals surface area contributed by atoms with Gasteiger partial charge in [0.05, 0.1) is 13.2 Å². The van der Waals surface area contributed by atoms with Gasteiger partial charge >= 0.3 is 0 Å². The van der Waals surface area contributed by atoms with Crippen molar-refractivity contribution in [2.24, 2.45) is 0 Å². The Bertz CT molecular complexity index is 516. The summed E-state index contributed by atoms with van der Waals surface area (Å²) in [5.41, 5.74) is 0.640. The minimum Gasteiger partial charge on any atom is -0.379 e. The molecule has 1 fully saturated rings. The molecule has 24 heavy (non-hydrogen) atoms. The van der Waals surface area contributed by atoms with Crippen LogP contribution in [0.2, 0.25) is 0 Å². The van der Waals surface area contributed by atoms with Gasteiger partial charge in [0.15, 0.2) is 0 Å². The van der Waals surface area contributed by atoms with Crippen molar-refractivity contribution in [2.45, 2.75) is 25.8 Å². The quantitative estimate of drug-likeness (QED) is 0.697. The average Bonchev–Trinajstić information content (AvgIpc) is 2.64. The van der Waals surface area contributed by atoms with Crippen molar-refractivity contribution in [3.8, 4) is 0 Å². The molecule has 1 unspecified atom stereocenters. The Morgan fingerprint density at radius 1 is 1.17 bits per heavy atom. The first kappa shape index (κ1) is 18.4. The Morgan fingerprint density at radius 2 is 1.88 bits per heavy atom. The highest BCUT2D eigenvalue weighted by molar-refractivity contribution is 5.94. The van der Waals surface area contributed by atoms with Gasteiger partial charge in [0.25, 0.3) is 5.91 Å². The van der Waals surface area contributed by atoms with Gasteiger partial charge in [0.1, 0.15) is 0 Å².